The van der Waals surface area contributed by atoms with Crippen LogP contribution in [0.15, 0.2) is 12.1 Å². The van der Waals surface area contributed by atoms with Gasteiger partial charge >= 0.3 is 0 Å². The van der Waals surface area contributed by atoms with Gasteiger partial charge in [-0.3, -0.25) is 0 Å². The molecule has 1 fully saturated rings. The van der Waals surface area contributed by atoms with E-state index in [1.165, 1.54) is 25.7 Å². The van der Waals surface area contributed by atoms with Crippen molar-refractivity contribution in [2.45, 2.75) is 32.2 Å². The van der Waals surface area contributed by atoms with Gasteiger partial charge in [-0.15, -0.1) is 0 Å². The molecule has 0 spiro atoms. The van der Waals surface area contributed by atoms with Gasteiger partial charge in [-0.05, 0) is 30.9 Å². The molecule has 0 amide bonds. The Morgan fingerprint density at radius 2 is 2.12 bits per heavy atom. The third-order valence-electron chi connectivity index (χ3n) is 3.50. The lowest BCUT2D eigenvalue weighted by atomic mass is 10.1. The number of pyridine rings is 1. The molecule has 0 bridgehead atoms. The largest absolute Gasteiger partial charge is 0.359 e. The standard InChI is InChI=1S/C13H20ClN3/c1-17(9-10-4-2-3-5-10)13-7-6-11(14)12(8-15)16-13/h6-7,10H,2-5,8-9,15H2,1H3. The van der Waals surface area contributed by atoms with Gasteiger partial charge in [0.15, 0.2) is 0 Å². The number of anilines is 1. The first-order chi connectivity index (χ1) is 8.20. The van der Waals surface area contributed by atoms with E-state index in [0.717, 1.165) is 24.0 Å². The zero-order valence-corrected chi connectivity index (χ0v) is 11.1. The molecule has 1 aliphatic carbocycles. The Morgan fingerprint density at radius 3 is 2.76 bits per heavy atom. The van der Waals surface area contributed by atoms with Gasteiger partial charge in [0.1, 0.15) is 5.82 Å². The Bertz CT molecular complexity index is 375. The molecule has 1 aliphatic rings. The summed E-state index contributed by atoms with van der Waals surface area (Å²) in [5.74, 6) is 1.79. The lowest BCUT2D eigenvalue weighted by Gasteiger charge is -2.22. The van der Waals surface area contributed by atoms with Gasteiger partial charge in [0.25, 0.3) is 0 Å². The molecule has 2 rings (SSSR count). The van der Waals surface area contributed by atoms with E-state index in [9.17, 15) is 0 Å². The smallest absolute Gasteiger partial charge is 0.128 e. The molecular formula is C13H20ClN3. The number of aromatic nitrogens is 1. The van der Waals surface area contributed by atoms with Crippen molar-refractivity contribution in [1.29, 1.82) is 0 Å². The molecule has 17 heavy (non-hydrogen) atoms. The highest BCUT2D eigenvalue weighted by atomic mass is 35.5. The van der Waals surface area contributed by atoms with Gasteiger partial charge in [-0.1, -0.05) is 24.4 Å². The first-order valence-electron chi connectivity index (χ1n) is 6.27. The van der Waals surface area contributed by atoms with Crippen molar-refractivity contribution >= 4 is 17.4 Å². The molecule has 0 radical (unpaired) electrons. The Kier molecular flexibility index (Phi) is 4.24. The van der Waals surface area contributed by atoms with E-state index in [2.05, 4.69) is 16.9 Å². The van der Waals surface area contributed by atoms with E-state index in [1.807, 2.05) is 12.1 Å². The molecule has 1 saturated carbocycles. The maximum atomic E-state index is 6.01. The van der Waals surface area contributed by atoms with Gasteiger partial charge in [0, 0.05) is 20.1 Å². The summed E-state index contributed by atoms with van der Waals surface area (Å²) in [5, 5.41) is 0.658. The molecule has 0 unspecified atom stereocenters. The fraction of sp³-hybridized carbons (Fsp3) is 0.615. The number of nitrogens with zero attached hydrogens (tertiary/aromatic N) is 2. The highest BCUT2D eigenvalue weighted by Gasteiger charge is 2.17. The predicted octanol–water partition coefficient (Wildman–Crippen LogP) is 2.82. The van der Waals surface area contributed by atoms with Crippen LogP contribution in [0, 0.1) is 5.92 Å². The molecule has 4 heteroatoms. The number of halogens is 1. The van der Waals surface area contributed by atoms with Crippen LogP contribution in [0.1, 0.15) is 31.4 Å². The fourth-order valence-electron chi connectivity index (χ4n) is 2.50. The maximum Gasteiger partial charge on any atom is 0.128 e. The van der Waals surface area contributed by atoms with Crippen molar-refractivity contribution < 1.29 is 0 Å². The van der Waals surface area contributed by atoms with E-state index in [1.54, 1.807) is 0 Å². The Balaban J connectivity index is 2.04. The van der Waals surface area contributed by atoms with Crippen LogP contribution in [0.2, 0.25) is 5.02 Å². The van der Waals surface area contributed by atoms with Crippen LogP contribution in [-0.2, 0) is 6.54 Å². The third kappa shape index (κ3) is 3.11. The van der Waals surface area contributed by atoms with E-state index < -0.39 is 0 Å². The molecule has 1 heterocycles. The molecule has 2 N–H and O–H groups in total. The van der Waals surface area contributed by atoms with Crippen LogP contribution < -0.4 is 10.6 Å². The van der Waals surface area contributed by atoms with Crippen molar-refractivity contribution in [2.24, 2.45) is 11.7 Å². The van der Waals surface area contributed by atoms with E-state index in [-0.39, 0.29) is 0 Å². The highest BCUT2D eigenvalue weighted by molar-refractivity contribution is 6.31. The first kappa shape index (κ1) is 12.7. The zero-order chi connectivity index (χ0) is 12.3. The Labute approximate surface area is 108 Å². The number of rotatable bonds is 4. The molecule has 1 aromatic rings. The van der Waals surface area contributed by atoms with Crippen LogP contribution in [0.5, 0.6) is 0 Å². The average molecular weight is 254 g/mol. The normalized spacial score (nSPS) is 16.4. The van der Waals surface area contributed by atoms with Gasteiger partial charge in [0.2, 0.25) is 0 Å². The molecule has 94 valence electrons. The monoisotopic (exact) mass is 253 g/mol. The molecule has 0 atom stereocenters. The van der Waals surface area contributed by atoms with Crippen molar-refractivity contribution in [2.75, 3.05) is 18.5 Å². The molecule has 3 nitrogen and oxygen atoms in total. The summed E-state index contributed by atoms with van der Waals surface area (Å²) in [4.78, 5) is 6.72. The van der Waals surface area contributed by atoms with Gasteiger partial charge in [0.05, 0.1) is 10.7 Å². The topological polar surface area (TPSA) is 42.1 Å². The van der Waals surface area contributed by atoms with Crippen LogP contribution in [-0.4, -0.2) is 18.6 Å². The Morgan fingerprint density at radius 1 is 1.41 bits per heavy atom. The minimum Gasteiger partial charge on any atom is -0.359 e. The van der Waals surface area contributed by atoms with Gasteiger partial charge < -0.3 is 10.6 Å². The van der Waals surface area contributed by atoms with E-state index >= 15 is 0 Å². The second kappa shape index (κ2) is 5.69. The second-order valence-corrected chi connectivity index (χ2v) is 5.24. The van der Waals surface area contributed by atoms with Crippen LogP contribution in [0.3, 0.4) is 0 Å². The van der Waals surface area contributed by atoms with Gasteiger partial charge in [-0.25, -0.2) is 4.98 Å². The van der Waals surface area contributed by atoms with E-state index in [4.69, 9.17) is 17.3 Å². The van der Waals surface area contributed by atoms with E-state index in [0.29, 0.717) is 11.6 Å². The highest BCUT2D eigenvalue weighted by Crippen LogP contribution is 2.27. The minimum absolute atomic E-state index is 0.393. The SMILES string of the molecule is CN(CC1CCCC1)c1ccc(Cl)c(CN)n1. The summed E-state index contributed by atoms with van der Waals surface area (Å²) in [6, 6.07) is 3.85. The predicted molar refractivity (Wildman–Crippen MR) is 72.4 cm³/mol. The Hall–Kier alpha value is -0.800. The quantitative estimate of drug-likeness (QED) is 0.897. The first-order valence-corrected chi connectivity index (χ1v) is 6.65. The molecular weight excluding hydrogens is 234 g/mol. The summed E-state index contributed by atoms with van der Waals surface area (Å²) < 4.78 is 0. The number of nitrogens with two attached hydrogens (primary N) is 1. The maximum absolute atomic E-state index is 6.01. The molecule has 0 saturated heterocycles. The lowest BCUT2D eigenvalue weighted by molar-refractivity contribution is 0.545. The molecule has 1 aromatic heterocycles. The molecule has 0 aliphatic heterocycles. The summed E-state index contributed by atoms with van der Waals surface area (Å²) in [5.41, 5.74) is 6.40. The van der Waals surface area contributed by atoms with Crippen LogP contribution in [0.25, 0.3) is 0 Å². The lowest BCUT2D eigenvalue weighted by Crippen LogP contribution is -2.25. The van der Waals surface area contributed by atoms with Crippen molar-refractivity contribution in [3.63, 3.8) is 0 Å². The fourth-order valence-corrected chi connectivity index (χ4v) is 2.68. The molecule has 0 aromatic carbocycles. The summed E-state index contributed by atoms with van der Waals surface area (Å²) in [6.07, 6.45) is 5.45. The number of hydrogen-bond donors (Lipinski definition) is 1. The van der Waals surface area contributed by atoms with Gasteiger partial charge in [-0.2, -0.15) is 0 Å². The average Bonchev–Trinajstić information content (AvgIpc) is 2.82. The van der Waals surface area contributed by atoms with Crippen molar-refractivity contribution in [3.05, 3.63) is 22.8 Å². The van der Waals surface area contributed by atoms with Crippen LogP contribution in [0.4, 0.5) is 5.82 Å². The number of hydrogen-bond acceptors (Lipinski definition) is 3. The summed E-state index contributed by atoms with van der Waals surface area (Å²) >= 11 is 6.01. The third-order valence-corrected chi connectivity index (χ3v) is 3.84. The van der Waals surface area contributed by atoms with Crippen molar-refractivity contribution in [1.82, 2.24) is 4.98 Å². The summed E-state index contributed by atoms with van der Waals surface area (Å²) in [7, 11) is 2.09. The minimum atomic E-state index is 0.393. The second-order valence-electron chi connectivity index (χ2n) is 4.83. The zero-order valence-electron chi connectivity index (χ0n) is 10.3. The summed E-state index contributed by atoms with van der Waals surface area (Å²) in [6.45, 7) is 1.47. The van der Waals surface area contributed by atoms with Crippen LogP contribution >= 0.6 is 11.6 Å². The van der Waals surface area contributed by atoms with Crippen molar-refractivity contribution in [3.8, 4) is 0 Å².